The van der Waals surface area contributed by atoms with E-state index in [1.165, 1.54) is 11.1 Å². The molecule has 0 aliphatic rings. The fraction of sp³-hybridized carbons (Fsp3) is 0.368. The van der Waals surface area contributed by atoms with Gasteiger partial charge in [0.25, 0.3) is 0 Å². The van der Waals surface area contributed by atoms with E-state index in [9.17, 15) is 0 Å². The molecule has 22 heavy (non-hydrogen) atoms. The van der Waals surface area contributed by atoms with Crippen LogP contribution in [0.2, 0.25) is 0 Å². The van der Waals surface area contributed by atoms with Crippen molar-refractivity contribution in [1.82, 2.24) is 5.32 Å². The first kappa shape index (κ1) is 16.4. The summed E-state index contributed by atoms with van der Waals surface area (Å²) in [4.78, 5) is 0. The van der Waals surface area contributed by atoms with E-state index >= 15 is 0 Å². The smallest absolute Gasteiger partial charge is 0.160 e. The minimum Gasteiger partial charge on any atom is -0.493 e. The maximum Gasteiger partial charge on any atom is 0.160 e. The van der Waals surface area contributed by atoms with Gasteiger partial charge in [0, 0.05) is 12.1 Å². The Kier molecular flexibility index (Phi) is 5.84. The minimum absolute atomic E-state index is 0.330. The van der Waals surface area contributed by atoms with Gasteiger partial charge >= 0.3 is 0 Å². The molecule has 3 nitrogen and oxygen atoms in total. The average molecular weight is 299 g/mol. The Bertz CT molecular complexity index is 583. The molecule has 0 saturated heterocycles. The molecule has 1 N–H and O–H groups in total. The van der Waals surface area contributed by atoms with Crippen molar-refractivity contribution in [3.63, 3.8) is 0 Å². The Labute approximate surface area is 133 Å². The Morgan fingerprint density at radius 2 is 1.59 bits per heavy atom. The summed E-state index contributed by atoms with van der Waals surface area (Å²) >= 11 is 0. The monoisotopic (exact) mass is 299 g/mol. The zero-order chi connectivity index (χ0) is 15.9. The van der Waals surface area contributed by atoms with Crippen LogP contribution < -0.4 is 14.8 Å². The van der Waals surface area contributed by atoms with E-state index in [1.54, 1.807) is 14.2 Å². The van der Waals surface area contributed by atoms with Crippen LogP contribution in [0.3, 0.4) is 0 Å². The fourth-order valence-corrected chi connectivity index (χ4v) is 2.68. The predicted octanol–water partition coefficient (Wildman–Crippen LogP) is 3.99. The summed E-state index contributed by atoms with van der Waals surface area (Å²) in [6.45, 7) is 4.40. The molecule has 0 aliphatic carbocycles. The number of nitrogens with one attached hydrogen (secondary N) is 1. The number of methoxy groups -OCH3 is 2. The summed E-state index contributed by atoms with van der Waals surface area (Å²) in [7, 11) is 3.32. The van der Waals surface area contributed by atoms with Crippen molar-refractivity contribution < 1.29 is 9.47 Å². The number of rotatable bonds is 7. The molecule has 0 heterocycles. The van der Waals surface area contributed by atoms with E-state index in [2.05, 4.69) is 49.5 Å². The highest BCUT2D eigenvalue weighted by Gasteiger charge is 2.11. The third kappa shape index (κ3) is 4.25. The van der Waals surface area contributed by atoms with Crippen molar-refractivity contribution in [3.05, 3.63) is 59.7 Å². The van der Waals surface area contributed by atoms with Crippen molar-refractivity contribution in [2.24, 2.45) is 0 Å². The van der Waals surface area contributed by atoms with E-state index in [0.29, 0.717) is 12.1 Å². The second-order valence-electron chi connectivity index (χ2n) is 5.59. The molecule has 0 amide bonds. The van der Waals surface area contributed by atoms with Crippen molar-refractivity contribution in [1.29, 1.82) is 0 Å². The lowest BCUT2D eigenvalue weighted by atomic mass is 10.0. The zero-order valence-corrected chi connectivity index (χ0v) is 13.8. The first-order valence-corrected chi connectivity index (χ1v) is 7.66. The number of hydrogen-bond acceptors (Lipinski definition) is 3. The summed E-state index contributed by atoms with van der Waals surface area (Å²) in [5.74, 6) is 1.55. The van der Waals surface area contributed by atoms with Gasteiger partial charge in [0.1, 0.15) is 0 Å². The van der Waals surface area contributed by atoms with E-state index < -0.39 is 0 Å². The summed E-state index contributed by atoms with van der Waals surface area (Å²) < 4.78 is 10.6. The van der Waals surface area contributed by atoms with Gasteiger partial charge in [-0.25, -0.2) is 0 Å². The molecule has 2 rings (SSSR count). The molecule has 0 unspecified atom stereocenters. The van der Waals surface area contributed by atoms with Gasteiger partial charge in [-0.3, -0.25) is 0 Å². The molecule has 2 atom stereocenters. The van der Waals surface area contributed by atoms with Gasteiger partial charge in [0.05, 0.1) is 14.2 Å². The van der Waals surface area contributed by atoms with Crippen molar-refractivity contribution in [2.75, 3.05) is 14.2 Å². The SMILES string of the molecule is COc1ccc(C[C@H](C)N[C@H](C)c2ccccc2)cc1OC. The molecular formula is C19H25NO2. The zero-order valence-electron chi connectivity index (χ0n) is 13.8. The van der Waals surface area contributed by atoms with Gasteiger partial charge in [-0.05, 0) is 43.5 Å². The van der Waals surface area contributed by atoms with E-state index in [0.717, 1.165) is 17.9 Å². The summed E-state index contributed by atoms with van der Waals surface area (Å²) in [5, 5.41) is 3.64. The maximum atomic E-state index is 5.36. The topological polar surface area (TPSA) is 30.5 Å². The lowest BCUT2D eigenvalue weighted by Crippen LogP contribution is -2.30. The molecule has 0 saturated carbocycles. The van der Waals surface area contributed by atoms with Gasteiger partial charge in [0.15, 0.2) is 11.5 Å². The van der Waals surface area contributed by atoms with Crippen LogP contribution in [0, 0.1) is 0 Å². The highest BCUT2D eigenvalue weighted by Crippen LogP contribution is 2.28. The third-order valence-corrected chi connectivity index (χ3v) is 3.82. The lowest BCUT2D eigenvalue weighted by molar-refractivity contribution is 0.354. The number of hydrogen-bond donors (Lipinski definition) is 1. The molecule has 118 valence electrons. The summed E-state index contributed by atoms with van der Waals surface area (Å²) in [6, 6.07) is 17.3. The van der Waals surface area contributed by atoms with Crippen LogP contribution in [0.15, 0.2) is 48.5 Å². The van der Waals surface area contributed by atoms with Crippen LogP contribution in [-0.2, 0) is 6.42 Å². The molecule has 3 heteroatoms. The van der Waals surface area contributed by atoms with E-state index in [4.69, 9.17) is 9.47 Å². The molecule has 0 aromatic heterocycles. The van der Waals surface area contributed by atoms with Crippen LogP contribution in [0.1, 0.15) is 31.0 Å². The lowest BCUT2D eigenvalue weighted by Gasteiger charge is -2.21. The van der Waals surface area contributed by atoms with Crippen LogP contribution in [0.5, 0.6) is 11.5 Å². The third-order valence-electron chi connectivity index (χ3n) is 3.82. The van der Waals surface area contributed by atoms with Gasteiger partial charge in [-0.2, -0.15) is 0 Å². The fourth-order valence-electron chi connectivity index (χ4n) is 2.68. The molecule has 0 fully saturated rings. The quantitative estimate of drug-likeness (QED) is 0.838. The normalized spacial score (nSPS) is 13.5. The number of benzene rings is 2. The minimum atomic E-state index is 0.330. The van der Waals surface area contributed by atoms with Crippen molar-refractivity contribution in [3.8, 4) is 11.5 Å². The maximum absolute atomic E-state index is 5.36. The molecular weight excluding hydrogens is 274 g/mol. The number of ether oxygens (including phenoxy) is 2. The summed E-state index contributed by atoms with van der Waals surface area (Å²) in [5.41, 5.74) is 2.54. The second-order valence-corrected chi connectivity index (χ2v) is 5.59. The Balaban J connectivity index is 1.98. The Morgan fingerprint density at radius 1 is 0.909 bits per heavy atom. The second kappa shape index (κ2) is 7.85. The van der Waals surface area contributed by atoms with Crippen molar-refractivity contribution in [2.45, 2.75) is 32.4 Å². The largest absolute Gasteiger partial charge is 0.493 e. The first-order valence-electron chi connectivity index (χ1n) is 7.66. The van der Waals surface area contributed by atoms with Gasteiger partial charge in [-0.1, -0.05) is 36.4 Å². The standard InChI is InChI=1S/C19H25NO2/c1-14(20-15(2)17-8-6-5-7-9-17)12-16-10-11-18(21-3)19(13-16)22-4/h5-11,13-15,20H,12H2,1-4H3/t14-,15+/m0/s1. The van der Waals surface area contributed by atoms with Crippen LogP contribution in [-0.4, -0.2) is 20.3 Å². The van der Waals surface area contributed by atoms with E-state index in [-0.39, 0.29) is 0 Å². The van der Waals surface area contributed by atoms with Gasteiger partial charge in [-0.15, -0.1) is 0 Å². The highest BCUT2D eigenvalue weighted by molar-refractivity contribution is 5.43. The van der Waals surface area contributed by atoms with Gasteiger partial charge in [0.2, 0.25) is 0 Å². The van der Waals surface area contributed by atoms with Crippen LogP contribution in [0.25, 0.3) is 0 Å². The Morgan fingerprint density at radius 3 is 2.23 bits per heavy atom. The van der Waals surface area contributed by atoms with Crippen LogP contribution in [0.4, 0.5) is 0 Å². The molecule has 0 radical (unpaired) electrons. The molecule has 2 aromatic carbocycles. The first-order chi connectivity index (χ1) is 10.6. The highest BCUT2D eigenvalue weighted by atomic mass is 16.5. The molecule has 0 spiro atoms. The molecule has 0 bridgehead atoms. The average Bonchev–Trinajstić information content (AvgIpc) is 2.55. The predicted molar refractivity (Wildman–Crippen MR) is 90.7 cm³/mol. The molecule has 0 aliphatic heterocycles. The van der Waals surface area contributed by atoms with E-state index in [1.807, 2.05) is 18.2 Å². The summed E-state index contributed by atoms with van der Waals surface area (Å²) in [6.07, 6.45) is 0.942. The Hall–Kier alpha value is -2.00. The van der Waals surface area contributed by atoms with Gasteiger partial charge < -0.3 is 14.8 Å². The molecule has 2 aromatic rings. The van der Waals surface area contributed by atoms with Crippen molar-refractivity contribution >= 4 is 0 Å². The van der Waals surface area contributed by atoms with Crippen LogP contribution >= 0.6 is 0 Å².